The van der Waals surface area contributed by atoms with Gasteiger partial charge in [-0.2, -0.15) is 0 Å². The molecule has 2 aliphatic rings. The molecule has 7 heteroatoms. The summed E-state index contributed by atoms with van der Waals surface area (Å²) in [6.45, 7) is 4.85. The Bertz CT molecular complexity index is 793. The molecule has 0 spiro atoms. The second-order valence-electron chi connectivity index (χ2n) is 8.52. The quantitative estimate of drug-likeness (QED) is 0.709. The highest BCUT2D eigenvalue weighted by atomic mass is 16.5. The lowest BCUT2D eigenvalue weighted by molar-refractivity contribution is -0.0281. The average molecular weight is 412 g/mol. The molecule has 4 rings (SSSR count). The van der Waals surface area contributed by atoms with Gasteiger partial charge in [0.1, 0.15) is 0 Å². The van der Waals surface area contributed by atoms with E-state index in [0.717, 1.165) is 45.6 Å². The minimum absolute atomic E-state index is 0.0409. The Hall–Kier alpha value is -2.25. The first-order chi connectivity index (χ1) is 14.8. The summed E-state index contributed by atoms with van der Waals surface area (Å²) in [4.78, 5) is 15.4. The van der Waals surface area contributed by atoms with Crippen LogP contribution in [0.1, 0.15) is 54.6 Å². The van der Waals surface area contributed by atoms with Crippen molar-refractivity contribution in [2.45, 2.75) is 57.0 Å². The molecule has 7 nitrogen and oxygen atoms in total. The minimum Gasteiger partial charge on any atom is -0.379 e. The third kappa shape index (κ3) is 5.26. The van der Waals surface area contributed by atoms with Crippen LogP contribution in [0.4, 0.5) is 0 Å². The monoisotopic (exact) mass is 411 g/mol. The number of aromatic nitrogens is 3. The van der Waals surface area contributed by atoms with Gasteiger partial charge in [-0.1, -0.05) is 61.2 Å². The van der Waals surface area contributed by atoms with Crippen molar-refractivity contribution in [3.05, 3.63) is 47.8 Å². The molecular weight excluding hydrogens is 378 g/mol. The molecule has 2 heterocycles. The Labute approximate surface area is 178 Å². The number of rotatable bonds is 7. The lowest BCUT2D eigenvalue weighted by Gasteiger charge is -2.45. The van der Waals surface area contributed by atoms with Crippen LogP contribution in [-0.4, -0.2) is 64.2 Å². The fourth-order valence-corrected chi connectivity index (χ4v) is 4.76. The fourth-order valence-electron chi connectivity index (χ4n) is 4.76. The molecule has 2 fully saturated rings. The van der Waals surface area contributed by atoms with Crippen LogP contribution in [-0.2, 0) is 17.7 Å². The Morgan fingerprint density at radius 1 is 1.07 bits per heavy atom. The maximum absolute atomic E-state index is 12.8. The summed E-state index contributed by atoms with van der Waals surface area (Å²) < 4.78 is 7.32. The van der Waals surface area contributed by atoms with E-state index in [9.17, 15) is 4.79 Å². The van der Waals surface area contributed by atoms with Crippen molar-refractivity contribution in [3.8, 4) is 0 Å². The largest absolute Gasteiger partial charge is 0.379 e. The lowest BCUT2D eigenvalue weighted by atomic mass is 9.87. The minimum atomic E-state index is -0.127. The second kappa shape index (κ2) is 10.2. The number of nitrogens with zero attached hydrogens (tertiary/aromatic N) is 4. The van der Waals surface area contributed by atoms with E-state index in [4.69, 9.17) is 4.74 Å². The zero-order chi connectivity index (χ0) is 20.7. The summed E-state index contributed by atoms with van der Waals surface area (Å²) in [7, 11) is 0. The summed E-state index contributed by atoms with van der Waals surface area (Å²) in [5.41, 5.74) is 1.69. The predicted molar refractivity (Wildman–Crippen MR) is 115 cm³/mol. The highest BCUT2D eigenvalue weighted by Crippen LogP contribution is 2.33. The van der Waals surface area contributed by atoms with Crippen molar-refractivity contribution in [3.63, 3.8) is 0 Å². The molecule has 0 bridgehead atoms. The summed E-state index contributed by atoms with van der Waals surface area (Å²) in [5, 5.41) is 11.4. The SMILES string of the molecule is O=C(NCC1(N2CCOCC2)CCCCCC1)c1cn(CCc2ccccc2)nn1. The van der Waals surface area contributed by atoms with E-state index in [-0.39, 0.29) is 11.4 Å². The van der Waals surface area contributed by atoms with Gasteiger partial charge in [0.2, 0.25) is 0 Å². The molecule has 0 radical (unpaired) electrons. The molecule has 1 aromatic heterocycles. The number of benzene rings is 1. The van der Waals surface area contributed by atoms with Gasteiger partial charge in [0.05, 0.1) is 19.4 Å². The van der Waals surface area contributed by atoms with Gasteiger partial charge in [0.15, 0.2) is 5.69 Å². The molecule has 1 aliphatic heterocycles. The first-order valence-electron chi connectivity index (χ1n) is 11.3. The van der Waals surface area contributed by atoms with E-state index >= 15 is 0 Å². The van der Waals surface area contributed by atoms with Crippen molar-refractivity contribution in [2.24, 2.45) is 0 Å². The third-order valence-electron chi connectivity index (χ3n) is 6.54. The van der Waals surface area contributed by atoms with E-state index in [1.165, 1.54) is 31.2 Å². The van der Waals surface area contributed by atoms with Crippen LogP contribution in [0.2, 0.25) is 0 Å². The molecule has 0 unspecified atom stereocenters. The van der Waals surface area contributed by atoms with E-state index in [0.29, 0.717) is 18.8 Å². The van der Waals surface area contributed by atoms with Gasteiger partial charge in [-0.05, 0) is 24.8 Å². The van der Waals surface area contributed by atoms with Gasteiger partial charge in [0.25, 0.3) is 5.91 Å². The number of nitrogens with one attached hydrogen (secondary N) is 1. The number of ether oxygens (including phenoxy) is 1. The van der Waals surface area contributed by atoms with Crippen LogP contribution in [0, 0.1) is 0 Å². The van der Waals surface area contributed by atoms with Crippen molar-refractivity contribution in [2.75, 3.05) is 32.8 Å². The molecule has 1 amide bonds. The summed E-state index contributed by atoms with van der Waals surface area (Å²) in [6.07, 6.45) is 9.92. The van der Waals surface area contributed by atoms with Gasteiger partial charge >= 0.3 is 0 Å². The Balaban J connectivity index is 1.35. The molecule has 1 aliphatic carbocycles. The summed E-state index contributed by atoms with van der Waals surface area (Å²) in [6, 6.07) is 10.3. The van der Waals surface area contributed by atoms with Gasteiger partial charge in [-0.3, -0.25) is 14.4 Å². The smallest absolute Gasteiger partial charge is 0.273 e. The molecule has 0 atom stereocenters. The normalized spacial score (nSPS) is 19.9. The number of hydrogen-bond acceptors (Lipinski definition) is 5. The first kappa shape index (κ1) is 21.0. The highest BCUT2D eigenvalue weighted by Gasteiger charge is 2.38. The number of carbonyl (C=O) groups is 1. The van der Waals surface area contributed by atoms with E-state index < -0.39 is 0 Å². The lowest BCUT2D eigenvalue weighted by Crippen LogP contribution is -2.58. The molecule has 1 aromatic carbocycles. The van der Waals surface area contributed by atoms with E-state index in [2.05, 4.69) is 32.7 Å². The molecule has 1 N–H and O–H groups in total. The molecular formula is C23H33N5O2. The van der Waals surface area contributed by atoms with E-state index in [1.807, 2.05) is 18.2 Å². The standard InChI is InChI=1S/C23H33N5O2/c29-22(21-18-28(26-25-21)13-10-20-8-4-3-5-9-20)24-19-23(11-6-1-2-7-12-23)27-14-16-30-17-15-27/h3-5,8-9,18H,1-2,6-7,10-17,19H2,(H,24,29). The highest BCUT2D eigenvalue weighted by molar-refractivity contribution is 5.91. The zero-order valence-corrected chi connectivity index (χ0v) is 17.8. The van der Waals surface area contributed by atoms with Crippen molar-refractivity contribution in [1.82, 2.24) is 25.2 Å². The maximum Gasteiger partial charge on any atom is 0.273 e. The van der Waals surface area contributed by atoms with Gasteiger partial charge in [0, 0.05) is 31.7 Å². The molecule has 1 saturated heterocycles. The Kier molecular flexibility index (Phi) is 7.12. The number of hydrogen-bond donors (Lipinski definition) is 1. The fraction of sp³-hybridized carbons (Fsp3) is 0.609. The predicted octanol–water partition coefficient (Wildman–Crippen LogP) is 2.68. The molecule has 162 valence electrons. The van der Waals surface area contributed by atoms with Gasteiger partial charge in [-0.25, -0.2) is 0 Å². The number of aryl methyl sites for hydroxylation is 2. The zero-order valence-electron chi connectivity index (χ0n) is 17.8. The van der Waals surface area contributed by atoms with Crippen LogP contribution in [0.25, 0.3) is 0 Å². The van der Waals surface area contributed by atoms with Gasteiger partial charge < -0.3 is 10.1 Å². The first-order valence-corrected chi connectivity index (χ1v) is 11.3. The average Bonchev–Trinajstić information content (AvgIpc) is 3.15. The van der Waals surface area contributed by atoms with Crippen LogP contribution >= 0.6 is 0 Å². The van der Waals surface area contributed by atoms with Crippen LogP contribution < -0.4 is 5.32 Å². The van der Waals surface area contributed by atoms with Crippen LogP contribution in [0.3, 0.4) is 0 Å². The van der Waals surface area contributed by atoms with Crippen LogP contribution in [0.15, 0.2) is 36.5 Å². The maximum atomic E-state index is 12.8. The third-order valence-corrected chi connectivity index (χ3v) is 6.54. The molecule has 1 saturated carbocycles. The van der Waals surface area contributed by atoms with Gasteiger partial charge in [-0.15, -0.1) is 5.10 Å². The Morgan fingerprint density at radius 3 is 2.53 bits per heavy atom. The van der Waals surface area contributed by atoms with Crippen molar-refractivity contribution >= 4 is 5.91 Å². The second-order valence-corrected chi connectivity index (χ2v) is 8.52. The number of carbonyl (C=O) groups excluding carboxylic acids is 1. The van der Waals surface area contributed by atoms with Crippen LogP contribution in [0.5, 0.6) is 0 Å². The van der Waals surface area contributed by atoms with Crippen molar-refractivity contribution < 1.29 is 9.53 Å². The van der Waals surface area contributed by atoms with E-state index in [1.54, 1.807) is 10.9 Å². The summed E-state index contributed by atoms with van der Waals surface area (Å²) in [5.74, 6) is -0.127. The number of morpholine rings is 1. The molecule has 30 heavy (non-hydrogen) atoms. The Morgan fingerprint density at radius 2 is 1.80 bits per heavy atom. The topological polar surface area (TPSA) is 72.3 Å². The summed E-state index contributed by atoms with van der Waals surface area (Å²) >= 11 is 0. The number of amides is 1. The van der Waals surface area contributed by atoms with Crippen molar-refractivity contribution in [1.29, 1.82) is 0 Å². The molecule has 2 aromatic rings.